The second-order valence-corrected chi connectivity index (χ2v) is 4.47. The zero-order valence-corrected chi connectivity index (χ0v) is 10.0. The molecule has 17 heavy (non-hydrogen) atoms. The molecule has 1 aromatic heterocycles. The Balaban J connectivity index is 1.97. The number of nitrogens with zero attached hydrogens (tertiary/aromatic N) is 1. The predicted molar refractivity (Wildman–Crippen MR) is 64.6 cm³/mol. The number of benzene rings is 1. The molecule has 1 N–H and O–H groups in total. The summed E-state index contributed by atoms with van der Waals surface area (Å²) in [6.45, 7) is 2.35. The third kappa shape index (κ3) is 3.04. The molecule has 1 aromatic carbocycles. The lowest BCUT2D eigenvalue weighted by atomic mass is 10.2. The summed E-state index contributed by atoms with van der Waals surface area (Å²) in [6.07, 6.45) is 0. The standard InChI is InChI=1S/C12H11NO3S/c1-8-2-4-9(5-3-8)16-7-10-6-11(12(14)15)13-17-10/h2-6H,7H2,1H3,(H,14,15). The minimum Gasteiger partial charge on any atom is -0.488 e. The Morgan fingerprint density at radius 2 is 2.12 bits per heavy atom. The number of ether oxygens (including phenoxy) is 1. The van der Waals surface area contributed by atoms with Crippen LogP contribution in [-0.4, -0.2) is 15.4 Å². The number of aromatic nitrogens is 1. The quantitative estimate of drug-likeness (QED) is 0.905. The van der Waals surface area contributed by atoms with Crippen LogP contribution < -0.4 is 4.74 Å². The number of aromatic carboxylic acids is 1. The Hall–Kier alpha value is -1.88. The Kier molecular flexibility index (Phi) is 3.39. The number of carboxylic acid groups (broad SMARTS) is 1. The molecule has 0 unspecified atom stereocenters. The first-order valence-electron chi connectivity index (χ1n) is 5.03. The molecule has 0 bridgehead atoms. The maximum atomic E-state index is 10.6. The fourth-order valence-corrected chi connectivity index (χ4v) is 1.89. The van der Waals surface area contributed by atoms with Gasteiger partial charge in [-0.05, 0) is 36.7 Å². The average molecular weight is 249 g/mol. The second-order valence-electron chi connectivity index (χ2n) is 3.59. The van der Waals surface area contributed by atoms with Crippen LogP contribution in [-0.2, 0) is 6.61 Å². The van der Waals surface area contributed by atoms with E-state index in [2.05, 4.69) is 4.37 Å². The van der Waals surface area contributed by atoms with E-state index in [0.29, 0.717) is 6.61 Å². The highest BCUT2D eigenvalue weighted by atomic mass is 32.1. The number of hydrogen-bond acceptors (Lipinski definition) is 4. The fraction of sp³-hybridized carbons (Fsp3) is 0.167. The number of hydrogen-bond donors (Lipinski definition) is 1. The zero-order chi connectivity index (χ0) is 12.3. The Bertz CT molecular complexity index is 519. The van der Waals surface area contributed by atoms with Crippen LogP contribution in [0.4, 0.5) is 0 Å². The summed E-state index contributed by atoms with van der Waals surface area (Å²) in [7, 11) is 0. The number of aryl methyl sites for hydroxylation is 1. The summed E-state index contributed by atoms with van der Waals surface area (Å²) in [5.74, 6) is -0.247. The van der Waals surface area contributed by atoms with Gasteiger partial charge in [-0.15, -0.1) is 0 Å². The van der Waals surface area contributed by atoms with Gasteiger partial charge in [-0.2, -0.15) is 4.37 Å². The van der Waals surface area contributed by atoms with Gasteiger partial charge in [0.1, 0.15) is 12.4 Å². The minimum absolute atomic E-state index is 0.0671. The Morgan fingerprint density at radius 3 is 2.71 bits per heavy atom. The lowest BCUT2D eigenvalue weighted by molar-refractivity contribution is 0.0692. The first-order valence-corrected chi connectivity index (χ1v) is 5.81. The second kappa shape index (κ2) is 4.97. The molecule has 0 spiro atoms. The van der Waals surface area contributed by atoms with E-state index in [4.69, 9.17) is 9.84 Å². The molecular weight excluding hydrogens is 238 g/mol. The molecule has 0 saturated heterocycles. The van der Waals surface area contributed by atoms with Crippen molar-refractivity contribution in [2.75, 3.05) is 0 Å². The topological polar surface area (TPSA) is 59.4 Å². The van der Waals surface area contributed by atoms with Gasteiger partial charge in [0, 0.05) is 0 Å². The lowest BCUT2D eigenvalue weighted by Gasteiger charge is -2.03. The van der Waals surface area contributed by atoms with Crippen LogP contribution in [0.1, 0.15) is 20.9 Å². The van der Waals surface area contributed by atoms with E-state index in [-0.39, 0.29) is 5.69 Å². The molecule has 0 aliphatic rings. The Morgan fingerprint density at radius 1 is 1.41 bits per heavy atom. The normalized spacial score (nSPS) is 10.2. The molecule has 5 heteroatoms. The molecule has 0 radical (unpaired) electrons. The zero-order valence-electron chi connectivity index (χ0n) is 9.21. The van der Waals surface area contributed by atoms with Gasteiger partial charge in [-0.3, -0.25) is 0 Å². The summed E-state index contributed by atoms with van der Waals surface area (Å²) in [6, 6.07) is 9.22. The largest absolute Gasteiger partial charge is 0.488 e. The molecule has 88 valence electrons. The molecule has 0 saturated carbocycles. The van der Waals surface area contributed by atoms with Gasteiger partial charge < -0.3 is 9.84 Å². The highest BCUT2D eigenvalue weighted by molar-refractivity contribution is 7.05. The molecule has 0 amide bonds. The van der Waals surface area contributed by atoms with Crippen molar-refractivity contribution in [1.29, 1.82) is 0 Å². The van der Waals surface area contributed by atoms with Gasteiger partial charge in [0.25, 0.3) is 0 Å². The van der Waals surface area contributed by atoms with E-state index in [1.165, 1.54) is 11.6 Å². The van der Waals surface area contributed by atoms with Gasteiger partial charge in [-0.1, -0.05) is 17.7 Å². The maximum Gasteiger partial charge on any atom is 0.355 e. The summed E-state index contributed by atoms with van der Waals surface area (Å²) >= 11 is 1.14. The maximum absolute atomic E-state index is 10.6. The molecule has 0 atom stereocenters. The van der Waals surface area contributed by atoms with Crippen LogP contribution in [0.3, 0.4) is 0 Å². The van der Waals surface area contributed by atoms with Gasteiger partial charge in [0.15, 0.2) is 5.69 Å². The molecule has 4 nitrogen and oxygen atoms in total. The molecule has 2 rings (SSSR count). The van der Waals surface area contributed by atoms with E-state index in [1.54, 1.807) is 0 Å². The van der Waals surface area contributed by atoms with Crippen LogP contribution in [0.15, 0.2) is 30.3 Å². The fourth-order valence-electron chi connectivity index (χ4n) is 1.27. The van der Waals surface area contributed by atoms with Crippen molar-refractivity contribution in [1.82, 2.24) is 4.37 Å². The van der Waals surface area contributed by atoms with Crippen molar-refractivity contribution < 1.29 is 14.6 Å². The highest BCUT2D eigenvalue weighted by Crippen LogP contribution is 2.16. The van der Waals surface area contributed by atoms with Crippen LogP contribution in [0, 0.1) is 6.92 Å². The van der Waals surface area contributed by atoms with Crippen LogP contribution in [0.5, 0.6) is 5.75 Å². The first-order chi connectivity index (χ1) is 8.15. The number of rotatable bonds is 4. The summed E-state index contributed by atoms with van der Waals surface area (Å²) in [4.78, 5) is 11.4. The predicted octanol–water partition coefficient (Wildman–Crippen LogP) is 2.73. The number of carboxylic acids is 1. The first kappa shape index (κ1) is 11.6. The summed E-state index contributed by atoms with van der Waals surface area (Å²) < 4.78 is 9.32. The van der Waals surface area contributed by atoms with Gasteiger partial charge in [0.05, 0.1) is 4.88 Å². The van der Waals surface area contributed by atoms with Gasteiger partial charge >= 0.3 is 5.97 Å². The van der Waals surface area contributed by atoms with Crippen molar-refractivity contribution in [3.8, 4) is 5.75 Å². The van der Waals surface area contributed by atoms with Crippen molar-refractivity contribution in [3.05, 3.63) is 46.5 Å². The molecule has 0 aliphatic carbocycles. The average Bonchev–Trinajstić information content (AvgIpc) is 2.77. The van der Waals surface area contributed by atoms with Crippen molar-refractivity contribution in [3.63, 3.8) is 0 Å². The number of carbonyl (C=O) groups is 1. The van der Waals surface area contributed by atoms with E-state index < -0.39 is 5.97 Å². The van der Waals surface area contributed by atoms with Crippen LogP contribution >= 0.6 is 11.5 Å². The minimum atomic E-state index is -1.01. The summed E-state index contributed by atoms with van der Waals surface area (Å²) in [5.41, 5.74) is 1.24. The molecular formula is C12H11NO3S. The van der Waals surface area contributed by atoms with Crippen molar-refractivity contribution in [2.45, 2.75) is 13.5 Å². The van der Waals surface area contributed by atoms with E-state index in [9.17, 15) is 4.79 Å². The Labute approximate surface area is 103 Å². The van der Waals surface area contributed by atoms with Crippen LogP contribution in [0.25, 0.3) is 0 Å². The van der Waals surface area contributed by atoms with Crippen molar-refractivity contribution in [2.24, 2.45) is 0 Å². The van der Waals surface area contributed by atoms with Gasteiger partial charge in [0.2, 0.25) is 0 Å². The smallest absolute Gasteiger partial charge is 0.355 e. The molecule has 0 fully saturated rings. The highest BCUT2D eigenvalue weighted by Gasteiger charge is 2.08. The monoisotopic (exact) mass is 249 g/mol. The van der Waals surface area contributed by atoms with E-state index in [1.807, 2.05) is 31.2 Å². The summed E-state index contributed by atoms with van der Waals surface area (Å²) in [5, 5.41) is 8.72. The molecule has 1 heterocycles. The van der Waals surface area contributed by atoms with E-state index >= 15 is 0 Å². The third-order valence-electron chi connectivity index (χ3n) is 2.18. The van der Waals surface area contributed by atoms with Gasteiger partial charge in [-0.25, -0.2) is 4.79 Å². The van der Waals surface area contributed by atoms with Crippen molar-refractivity contribution >= 4 is 17.5 Å². The molecule has 0 aliphatic heterocycles. The third-order valence-corrected chi connectivity index (χ3v) is 2.94. The van der Waals surface area contributed by atoms with E-state index in [0.717, 1.165) is 22.2 Å². The van der Waals surface area contributed by atoms with Crippen LogP contribution in [0.2, 0.25) is 0 Å². The molecule has 2 aromatic rings. The SMILES string of the molecule is Cc1ccc(OCc2cc(C(=O)O)ns2)cc1. The lowest BCUT2D eigenvalue weighted by Crippen LogP contribution is -1.96.